The summed E-state index contributed by atoms with van der Waals surface area (Å²) in [5, 5.41) is 5.30. The number of amides is 1. The minimum Gasteiger partial charge on any atom is -0.365 e. The lowest BCUT2D eigenvalue weighted by Crippen LogP contribution is -2.11. The van der Waals surface area contributed by atoms with Crippen LogP contribution in [0.3, 0.4) is 0 Å². The number of primary amides is 1. The van der Waals surface area contributed by atoms with Gasteiger partial charge < -0.3 is 5.73 Å². The van der Waals surface area contributed by atoms with Crippen LogP contribution in [0.15, 0.2) is 54.7 Å². The van der Waals surface area contributed by atoms with Crippen LogP contribution in [0.2, 0.25) is 0 Å². The molecule has 0 saturated heterocycles. The van der Waals surface area contributed by atoms with Crippen LogP contribution in [0.1, 0.15) is 26.6 Å². The molecule has 4 rings (SSSR count). The number of pyridine rings is 1. The molecule has 0 radical (unpaired) electrons. The SMILES string of the molecule is Cc1nn2ccccc2c1-c1nc(Cc2ccccc2)c(C(N)=O)s1. The minimum atomic E-state index is -0.441. The summed E-state index contributed by atoms with van der Waals surface area (Å²) < 4.78 is 1.83. The summed E-state index contributed by atoms with van der Waals surface area (Å²) >= 11 is 1.33. The highest BCUT2D eigenvalue weighted by atomic mass is 32.1. The van der Waals surface area contributed by atoms with E-state index in [1.54, 1.807) is 0 Å². The predicted octanol–water partition coefficient (Wildman–Crippen LogP) is 3.46. The van der Waals surface area contributed by atoms with Crippen molar-refractivity contribution in [2.75, 3.05) is 0 Å². The molecule has 0 fully saturated rings. The summed E-state index contributed by atoms with van der Waals surface area (Å²) in [5.74, 6) is -0.441. The maximum atomic E-state index is 11.9. The molecule has 25 heavy (non-hydrogen) atoms. The lowest BCUT2D eigenvalue weighted by molar-refractivity contribution is 0.100. The molecule has 0 aliphatic heterocycles. The molecule has 0 bridgehead atoms. The van der Waals surface area contributed by atoms with Crippen LogP contribution in [-0.2, 0) is 6.42 Å². The van der Waals surface area contributed by atoms with E-state index >= 15 is 0 Å². The molecule has 5 nitrogen and oxygen atoms in total. The van der Waals surface area contributed by atoms with Gasteiger partial charge in [-0.2, -0.15) is 5.10 Å². The summed E-state index contributed by atoms with van der Waals surface area (Å²) in [5.41, 5.74) is 10.2. The third-order valence-electron chi connectivity index (χ3n) is 4.06. The summed E-state index contributed by atoms with van der Waals surface area (Å²) in [6, 6.07) is 15.8. The maximum Gasteiger partial charge on any atom is 0.260 e. The van der Waals surface area contributed by atoms with Crippen molar-refractivity contribution in [2.45, 2.75) is 13.3 Å². The molecule has 0 unspecified atom stereocenters. The molecule has 0 spiro atoms. The number of carbonyl (C=O) groups excluding carboxylic acids is 1. The van der Waals surface area contributed by atoms with E-state index in [4.69, 9.17) is 10.7 Å². The number of hydrogen-bond acceptors (Lipinski definition) is 4. The van der Waals surface area contributed by atoms with Crippen LogP contribution in [0.4, 0.5) is 0 Å². The molecule has 1 amide bonds. The Balaban J connectivity index is 1.84. The summed E-state index contributed by atoms with van der Waals surface area (Å²) in [6.07, 6.45) is 2.48. The standard InChI is InChI=1S/C19H16N4OS/c1-12-16(15-9-5-6-10-23(15)22-12)19-21-14(17(25-19)18(20)24)11-13-7-3-2-4-8-13/h2-10H,11H2,1H3,(H2,20,24). The van der Waals surface area contributed by atoms with Gasteiger partial charge in [-0.3, -0.25) is 4.79 Å². The molecule has 6 heteroatoms. The largest absolute Gasteiger partial charge is 0.365 e. The van der Waals surface area contributed by atoms with E-state index in [-0.39, 0.29) is 0 Å². The molecule has 4 aromatic rings. The second-order valence-electron chi connectivity index (χ2n) is 5.81. The van der Waals surface area contributed by atoms with E-state index in [0.29, 0.717) is 17.0 Å². The molecule has 0 atom stereocenters. The quantitative estimate of drug-likeness (QED) is 0.614. The maximum absolute atomic E-state index is 11.9. The molecule has 3 aromatic heterocycles. The Kier molecular flexibility index (Phi) is 3.82. The number of hydrogen-bond donors (Lipinski definition) is 1. The monoisotopic (exact) mass is 348 g/mol. The van der Waals surface area contributed by atoms with Crippen molar-refractivity contribution in [1.29, 1.82) is 0 Å². The molecule has 0 saturated carbocycles. The minimum absolute atomic E-state index is 0.441. The van der Waals surface area contributed by atoms with Crippen LogP contribution in [0.5, 0.6) is 0 Å². The van der Waals surface area contributed by atoms with Gasteiger partial charge in [0, 0.05) is 12.6 Å². The van der Waals surface area contributed by atoms with Crippen LogP contribution < -0.4 is 5.73 Å². The van der Waals surface area contributed by atoms with Gasteiger partial charge in [0.15, 0.2) is 0 Å². The molecule has 124 valence electrons. The van der Waals surface area contributed by atoms with E-state index in [0.717, 1.165) is 27.3 Å². The summed E-state index contributed by atoms with van der Waals surface area (Å²) in [7, 11) is 0. The first-order valence-corrected chi connectivity index (χ1v) is 8.73. The Morgan fingerprint density at radius 1 is 1.16 bits per heavy atom. The van der Waals surface area contributed by atoms with Gasteiger partial charge in [0.05, 0.1) is 22.5 Å². The number of nitrogens with two attached hydrogens (primary N) is 1. The first-order valence-electron chi connectivity index (χ1n) is 7.91. The first-order chi connectivity index (χ1) is 12.1. The fraction of sp³-hybridized carbons (Fsp3) is 0.105. The van der Waals surface area contributed by atoms with Crippen molar-refractivity contribution < 1.29 is 4.79 Å². The van der Waals surface area contributed by atoms with Crippen LogP contribution in [0, 0.1) is 6.92 Å². The van der Waals surface area contributed by atoms with Gasteiger partial charge in [0.2, 0.25) is 0 Å². The predicted molar refractivity (Wildman–Crippen MR) is 98.8 cm³/mol. The number of aryl methyl sites for hydroxylation is 1. The average molecular weight is 348 g/mol. The van der Waals surface area contributed by atoms with Gasteiger partial charge in [0.1, 0.15) is 9.88 Å². The van der Waals surface area contributed by atoms with Crippen molar-refractivity contribution in [1.82, 2.24) is 14.6 Å². The number of nitrogens with zero attached hydrogens (tertiary/aromatic N) is 3. The number of rotatable bonds is 4. The lowest BCUT2D eigenvalue weighted by Gasteiger charge is -1.99. The number of benzene rings is 1. The topological polar surface area (TPSA) is 73.3 Å². The highest BCUT2D eigenvalue weighted by Gasteiger charge is 2.21. The smallest absolute Gasteiger partial charge is 0.260 e. The van der Waals surface area contributed by atoms with Gasteiger partial charge in [-0.15, -0.1) is 11.3 Å². The van der Waals surface area contributed by atoms with Gasteiger partial charge in [-0.05, 0) is 24.6 Å². The van der Waals surface area contributed by atoms with Crippen molar-refractivity contribution in [3.8, 4) is 10.6 Å². The lowest BCUT2D eigenvalue weighted by atomic mass is 10.1. The molecular formula is C19H16N4OS. The molecular weight excluding hydrogens is 332 g/mol. The van der Waals surface area contributed by atoms with Crippen molar-refractivity contribution >= 4 is 22.8 Å². The Hall–Kier alpha value is -2.99. The number of aromatic nitrogens is 3. The van der Waals surface area contributed by atoms with Crippen LogP contribution in [0.25, 0.3) is 16.1 Å². The fourth-order valence-electron chi connectivity index (χ4n) is 2.94. The van der Waals surface area contributed by atoms with Crippen LogP contribution in [-0.4, -0.2) is 20.5 Å². The van der Waals surface area contributed by atoms with Gasteiger partial charge in [0.25, 0.3) is 5.91 Å². The van der Waals surface area contributed by atoms with E-state index in [9.17, 15) is 4.79 Å². The van der Waals surface area contributed by atoms with Crippen molar-refractivity contribution in [3.63, 3.8) is 0 Å². The molecule has 3 heterocycles. The highest BCUT2D eigenvalue weighted by Crippen LogP contribution is 2.34. The molecule has 0 aliphatic rings. The molecule has 1 aromatic carbocycles. The Morgan fingerprint density at radius 3 is 2.68 bits per heavy atom. The number of carbonyl (C=O) groups is 1. The van der Waals surface area contributed by atoms with E-state index < -0.39 is 5.91 Å². The normalized spacial score (nSPS) is 11.1. The summed E-state index contributed by atoms with van der Waals surface area (Å²) in [6.45, 7) is 1.95. The first kappa shape index (κ1) is 15.5. The second kappa shape index (κ2) is 6.14. The van der Waals surface area contributed by atoms with Gasteiger partial charge in [-0.1, -0.05) is 36.4 Å². The third kappa shape index (κ3) is 2.81. The zero-order valence-corrected chi connectivity index (χ0v) is 14.5. The molecule has 2 N–H and O–H groups in total. The second-order valence-corrected chi connectivity index (χ2v) is 6.81. The Labute approximate surface area is 148 Å². The third-order valence-corrected chi connectivity index (χ3v) is 5.19. The Bertz CT molecular complexity index is 1070. The number of thiazole rings is 1. The highest BCUT2D eigenvalue weighted by molar-refractivity contribution is 7.17. The zero-order chi connectivity index (χ0) is 17.4. The van der Waals surface area contributed by atoms with E-state index in [1.807, 2.05) is 66.2 Å². The van der Waals surface area contributed by atoms with E-state index in [2.05, 4.69) is 5.10 Å². The fourth-order valence-corrected chi connectivity index (χ4v) is 3.98. The molecule has 0 aliphatic carbocycles. The van der Waals surface area contributed by atoms with E-state index in [1.165, 1.54) is 11.3 Å². The van der Waals surface area contributed by atoms with Gasteiger partial charge in [-0.25, -0.2) is 9.50 Å². The zero-order valence-electron chi connectivity index (χ0n) is 13.6. The van der Waals surface area contributed by atoms with Gasteiger partial charge >= 0.3 is 0 Å². The van der Waals surface area contributed by atoms with Crippen molar-refractivity contribution in [3.05, 3.63) is 76.6 Å². The number of fused-ring (bicyclic) bond motifs is 1. The van der Waals surface area contributed by atoms with Crippen molar-refractivity contribution in [2.24, 2.45) is 5.73 Å². The Morgan fingerprint density at radius 2 is 1.92 bits per heavy atom. The van der Waals surface area contributed by atoms with Crippen LogP contribution >= 0.6 is 11.3 Å². The summed E-state index contributed by atoms with van der Waals surface area (Å²) in [4.78, 5) is 17.2. The average Bonchev–Trinajstić information content (AvgIpc) is 3.15.